The molecular weight excluding hydrogens is 222 g/mol. The standard InChI is InChI=1S/C16H25NO/c1-4-6-12-17(3)13-16(18)15-10-8-14(7-5-2)9-11-15/h8-11H,4-7,12-13H2,1-3H3. The van der Waals surface area contributed by atoms with E-state index in [0.717, 1.165) is 31.4 Å². The van der Waals surface area contributed by atoms with E-state index in [1.807, 2.05) is 19.2 Å². The van der Waals surface area contributed by atoms with Crippen molar-refractivity contribution < 1.29 is 4.79 Å². The molecule has 2 nitrogen and oxygen atoms in total. The number of Topliss-reactive ketones (excluding diaryl/α,β-unsaturated/α-hetero) is 1. The van der Waals surface area contributed by atoms with Gasteiger partial charge in [-0.05, 0) is 32.0 Å². The number of hydrogen-bond acceptors (Lipinski definition) is 2. The van der Waals surface area contributed by atoms with Crippen LogP contribution < -0.4 is 0 Å². The van der Waals surface area contributed by atoms with Gasteiger partial charge in [0.15, 0.2) is 5.78 Å². The van der Waals surface area contributed by atoms with Gasteiger partial charge in [0.1, 0.15) is 0 Å². The van der Waals surface area contributed by atoms with Crippen molar-refractivity contribution in [3.8, 4) is 0 Å². The van der Waals surface area contributed by atoms with Crippen LogP contribution in [0.3, 0.4) is 0 Å². The van der Waals surface area contributed by atoms with Gasteiger partial charge in [-0.25, -0.2) is 0 Å². The molecule has 0 N–H and O–H groups in total. The van der Waals surface area contributed by atoms with Gasteiger partial charge in [-0.1, -0.05) is 51.0 Å². The van der Waals surface area contributed by atoms with Crippen LogP contribution in [-0.4, -0.2) is 30.8 Å². The maximum absolute atomic E-state index is 12.0. The Morgan fingerprint density at radius 2 is 1.78 bits per heavy atom. The summed E-state index contributed by atoms with van der Waals surface area (Å²) in [5, 5.41) is 0. The fourth-order valence-electron chi connectivity index (χ4n) is 1.99. The van der Waals surface area contributed by atoms with Gasteiger partial charge < -0.3 is 0 Å². The first kappa shape index (κ1) is 14.9. The molecule has 0 aliphatic rings. The fourth-order valence-corrected chi connectivity index (χ4v) is 1.99. The van der Waals surface area contributed by atoms with Crippen molar-refractivity contribution in [3.63, 3.8) is 0 Å². The number of aryl methyl sites for hydroxylation is 1. The van der Waals surface area contributed by atoms with Crippen LogP contribution >= 0.6 is 0 Å². The van der Waals surface area contributed by atoms with Gasteiger partial charge >= 0.3 is 0 Å². The molecular formula is C16H25NO. The molecule has 1 rings (SSSR count). The summed E-state index contributed by atoms with van der Waals surface area (Å²) in [5.41, 5.74) is 2.14. The normalized spacial score (nSPS) is 10.9. The van der Waals surface area contributed by atoms with E-state index in [2.05, 4.69) is 30.9 Å². The van der Waals surface area contributed by atoms with Gasteiger partial charge in [0.25, 0.3) is 0 Å². The molecule has 0 aliphatic carbocycles. The Kier molecular flexibility index (Phi) is 6.66. The average molecular weight is 247 g/mol. The second kappa shape index (κ2) is 8.04. The minimum absolute atomic E-state index is 0.219. The zero-order valence-electron chi connectivity index (χ0n) is 11.9. The summed E-state index contributed by atoms with van der Waals surface area (Å²) in [5.74, 6) is 0.219. The van der Waals surface area contributed by atoms with Crippen molar-refractivity contribution in [2.45, 2.75) is 39.5 Å². The number of carbonyl (C=O) groups is 1. The van der Waals surface area contributed by atoms with Crippen LogP contribution in [-0.2, 0) is 6.42 Å². The monoisotopic (exact) mass is 247 g/mol. The first-order chi connectivity index (χ1) is 8.67. The van der Waals surface area contributed by atoms with Crippen molar-refractivity contribution in [1.82, 2.24) is 4.90 Å². The third-order valence-corrected chi connectivity index (χ3v) is 3.12. The van der Waals surface area contributed by atoms with Crippen LogP contribution in [0.1, 0.15) is 49.0 Å². The molecule has 0 atom stereocenters. The second-order valence-corrected chi connectivity index (χ2v) is 4.96. The van der Waals surface area contributed by atoms with E-state index in [1.54, 1.807) is 0 Å². The smallest absolute Gasteiger partial charge is 0.176 e. The minimum atomic E-state index is 0.219. The van der Waals surface area contributed by atoms with Crippen LogP contribution in [0.5, 0.6) is 0 Å². The number of hydrogen-bond donors (Lipinski definition) is 0. The van der Waals surface area contributed by atoms with E-state index < -0.39 is 0 Å². The van der Waals surface area contributed by atoms with Gasteiger partial charge in [0.05, 0.1) is 6.54 Å². The maximum atomic E-state index is 12.0. The van der Waals surface area contributed by atoms with E-state index in [-0.39, 0.29) is 5.78 Å². The number of unbranched alkanes of at least 4 members (excludes halogenated alkanes) is 1. The lowest BCUT2D eigenvalue weighted by Crippen LogP contribution is -2.26. The lowest BCUT2D eigenvalue weighted by molar-refractivity contribution is 0.0945. The molecule has 0 saturated carbocycles. The van der Waals surface area contributed by atoms with Crippen molar-refractivity contribution in [2.24, 2.45) is 0 Å². The third-order valence-electron chi connectivity index (χ3n) is 3.12. The molecule has 0 fully saturated rings. The SMILES string of the molecule is CCCCN(C)CC(=O)c1ccc(CCC)cc1. The average Bonchev–Trinajstić information content (AvgIpc) is 2.37. The maximum Gasteiger partial charge on any atom is 0.176 e. The molecule has 0 aliphatic heterocycles. The molecule has 0 heterocycles. The Labute approximate surface area is 111 Å². The molecule has 0 bridgehead atoms. The Bertz CT molecular complexity index is 356. The van der Waals surface area contributed by atoms with E-state index in [9.17, 15) is 4.79 Å². The lowest BCUT2D eigenvalue weighted by Gasteiger charge is -2.15. The first-order valence-corrected chi connectivity index (χ1v) is 6.98. The number of ketones is 1. The summed E-state index contributed by atoms with van der Waals surface area (Å²) in [4.78, 5) is 14.1. The number of rotatable bonds is 8. The summed E-state index contributed by atoms with van der Waals surface area (Å²) < 4.78 is 0. The second-order valence-electron chi connectivity index (χ2n) is 4.96. The third kappa shape index (κ3) is 5.01. The number of benzene rings is 1. The first-order valence-electron chi connectivity index (χ1n) is 6.98. The molecule has 0 unspecified atom stereocenters. The van der Waals surface area contributed by atoms with Crippen LogP contribution in [0, 0.1) is 0 Å². The highest BCUT2D eigenvalue weighted by molar-refractivity contribution is 5.97. The lowest BCUT2D eigenvalue weighted by atomic mass is 10.1. The van der Waals surface area contributed by atoms with Crippen molar-refractivity contribution >= 4 is 5.78 Å². The van der Waals surface area contributed by atoms with Crippen molar-refractivity contribution in [3.05, 3.63) is 35.4 Å². The highest BCUT2D eigenvalue weighted by Crippen LogP contribution is 2.08. The number of carbonyl (C=O) groups excluding carboxylic acids is 1. The van der Waals surface area contributed by atoms with Gasteiger partial charge in [-0.15, -0.1) is 0 Å². The topological polar surface area (TPSA) is 20.3 Å². The Balaban J connectivity index is 2.50. The van der Waals surface area contributed by atoms with Crippen LogP contribution in [0.25, 0.3) is 0 Å². The molecule has 0 spiro atoms. The predicted molar refractivity (Wildman–Crippen MR) is 77.2 cm³/mol. The molecule has 0 amide bonds. The Hall–Kier alpha value is -1.15. The van der Waals surface area contributed by atoms with Gasteiger partial charge in [-0.3, -0.25) is 9.69 Å². The van der Waals surface area contributed by atoms with Crippen molar-refractivity contribution in [2.75, 3.05) is 20.1 Å². The highest BCUT2D eigenvalue weighted by Gasteiger charge is 2.08. The van der Waals surface area contributed by atoms with Crippen LogP contribution in [0.15, 0.2) is 24.3 Å². The van der Waals surface area contributed by atoms with E-state index >= 15 is 0 Å². The van der Waals surface area contributed by atoms with E-state index in [4.69, 9.17) is 0 Å². The minimum Gasteiger partial charge on any atom is -0.299 e. The summed E-state index contributed by atoms with van der Waals surface area (Å²) in [7, 11) is 2.01. The van der Waals surface area contributed by atoms with Crippen LogP contribution in [0.4, 0.5) is 0 Å². The fraction of sp³-hybridized carbons (Fsp3) is 0.562. The van der Waals surface area contributed by atoms with Gasteiger partial charge in [0, 0.05) is 5.56 Å². The number of likely N-dealkylation sites (N-methyl/N-ethyl adjacent to an activating group) is 1. The molecule has 1 aromatic carbocycles. The molecule has 18 heavy (non-hydrogen) atoms. The zero-order chi connectivity index (χ0) is 13.4. The van der Waals surface area contributed by atoms with Gasteiger partial charge in [0.2, 0.25) is 0 Å². The molecule has 0 aromatic heterocycles. The molecule has 2 heteroatoms. The molecule has 1 aromatic rings. The molecule has 0 saturated heterocycles. The van der Waals surface area contributed by atoms with E-state index in [0.29, 0.717) is 6.54 Å². The summed E-state index contributed by atoms with van der Waals surface area (Å²) in [6.45, 7) is 5.85. The quantitative estimate of drug-likeness (QED) is 0.655. The predicted octanol–water partition coefficient (Wildman–Crippen LogP) is 3.55. The Morgan fingerprint density at radius 3 is 2.33 bits per heavy atom. The summed E-state index contributed by atoms with van der Waals surface area (Å²) in [6, 6.07) is 8.06. The van der Waals surface area contributed by atoms with Crippen LogP contribution in [0.2, 0.25) is 0 Å². The highest BCUT2D eigenvalue weighted by atomic mass is 16.1. The largest absolute Gasteiger partial charge is 0.299 e. The molecule has 0 radical (unpaired) electrons. The summed E-state index contributed by atoms with van der Waals surface area (Å²) >= 11 is 0. The number of nitrogens with zero attached hydrogens (tertiary/aromatic N) is 1. The Morgan fingerprint density at radius 1 is 1.11 bits per heavy atom. The van der Waals surface area contributed by atoms with Crippen molar-refractivity contribution in [1.29, 1.82) is 0 Å². The molecule has 100 valence electrons. The van der Waals surface area contributed by atoms with Gasteiger partial charge in [-0.2, -0.15) is 0 Å². The van der Waals surface area contributed by atoms with E-state index in [1.165, 1.54) is 12.0 Å². The summed E-state index contributed by atoms with van der Waals surface area (Å²) in [6.07, 6.45) is 4.56. The zero-order valence-corrected chi connectivity index (χ0v) is 11.9.